The minimum Gasteiger partial charge on any atom is -0.452 e. The molecule has 0 amide bonds. The van der Waals surface area contributed by atoms with Crippen LogP contribution in [0.15, 0.2) is 43.0 Å². The summed E-state index contributed by atoms with van der Waals surface area (Å²) in [6.07, 6.45) is 2.50. The van der Waals surface area contributed by atoms with Crippen molar-refractivity contribution in [2.24, 2.45) is 0 Å². The summed E-state index contributed by atoms with van der Waals surface area (Å²) < 4.78 is 4.96. The van der Waals surface area contributed by atoms with E-state index in [2.05, 4.69) is 6.58 Å². The number of hydrogen-bond donors (Lipinski definition) is 0. The van der Waals surface area contributed by atoms with Gasteiger partial charge in [0.25, 0.3) is 0 Å². The van der Waals surface area contributed by atoms with Crippen LogP contribution >= 0.6 is 0 Å². The van der Waals surface area contributed by atoms with E-state index in [0.29, 0.717) is 12.5 Å². The lowest BCUT2D eigenvalue weighted by Crippen LogP contribution is -2.07. The van der Waals surface area contributed by atoms with Crippen LogP contribution in [0.25, 0.3) is 0 Å². The van der Waals surface area contributed by atoms with Gasteiger partial charge in [-0.3, -0.25) is 0 Å². The lowest BCUT2D eigenvalue weighted by molar-refractivity contribution is -0.136. The van der Waals surface area contributed by atoms with Crippen molar-refractivity contribution in [2.45, 2.75) is 13.3 Å². The van der Waals surface area contributed by atoms with Gasteiger partial charge >= 0.3 is 5.97 Å². The Bertz CT molecular complexity index is 303. The van der Waals surface area contributed by atoms with E-state index in [1.54, 1.807) is 6.92 Å². The number of rotatable bonds is 4. The second-order valence-corrected chi connectivity index (χ2v) is 2.99. The van der Waals surface area contributed by atoms with Crippen molar-refractivity contribution in [1.82, 2.24) is 0 Å². The van der Waals surface area contributed by atoms with Crippen LogP contribution < -0.4 is 0 Å². The summed E-state index contributed by atoms with van der Waals surface area (Å²) >= 11 is 0. The topological polar surface area (TPSA) is 26.3 Å². The zero-order chi connectivity index (χ0) is 10.4. The third-order valence-corrected chi connectivity index (χ3v) is 1.74. The maximum absolute atomic E-state index is 10.9. The van der Waals surface area contributed by atoms with E-state index in [1.165, 1.54) is 0 Å². The van der Waals surface area contributed by atoms with Crippen LogP contribution in [0.1, 0.15) is 12.5 Å². The van der Waals surface area contributed by atoms with E-state index < -0.39 is 5.97 Å². The standard InChI is InChI=1S/C12H13O2/c1-3-12(13)14-10(2)9-11-7-5-4-6-8-11/h3-8H,1,9H2,2H3. The van der Waals surface area contributed by atoms with Crippen LogP contribution in [0.4, 0.5) is 0 Å². The van der Waals surface area contributed by atoms with Gasteiger partial charge in [-0.25, -0.2) is 4.79 Å². The van der Waals surface area contributed by atoms with E-state index in [1.807, 2.05) is 30.3 Å². The third-order valence-electron chi connectivity index (χ3n) is 1.74. The smallest absolute Gasteiger partial charge is 0.330 e. The monoisotopic (exact) mass is 189 g/mol. The predicted molar refractivity (Wildman–Crippen MR) is 55.4 cm³/mol. The second kappa shape index (κ2) is 5.22. The highest BCUT2D eigenvalue weighted by molar-refractivity contribution is 5.81. The predicted octanol–water partition coefficient (Wildman–Crippen LogP) is 2.51. The third kappa shape index (κ3) is 3.44. The molecule has 0 fully saturated rings. The van der Waals surface area contributed by atoms with Gasteiger partial charge < -0.3 is 4.74 Å². The number of carbonyl (C=O) groups excluding carboxylic acids is 1. The van der Waals surface area contributed by atoms with Crippen LogP contribution in [-0.4, -0.2) is 5.97 Å². The van der Waals surface area contributed by atoms with E-state index >= 15 is 0 Å². The van der Waals surface area contributed by atoms with Crippen molar-refractivity contribution in [3.8, 4) is 0 Å². The van der Waals surface area contributed by atoms with E-state index in [0.717, 1.165) is 11.6 Å². The molecule has 1 aromatic carbocycles. The van der Waals surface area contributed by atoms with E-state index in [9.17, 15) is 4.79 Å². The minimum absolute atomic E-state index is 0.404. The summed E-state index contributed by atoms with van der Waals surface area (Å²) in [5, 5.41) is 0. The second-order valence-electron chi connectivity index (χ2n) is 2.99. The fourth-order valence-electron chi connectivity index (χ4n) is 1.13. The molecule has 1 radical (unpaired) electrons. The molecule has 0 heterocycles. The van der Waals surface area contributed by atoms with Crippen LogP contribution in [0.2, 0.25) is 0 Å². The van der Waals surface area contributed by atoms with Gasteiger partial charge in [-0.1, -0.05) is 36.9 Å². The summed E-state index contributed by atoms with van der Waals surface area (Å²) in [5.41, 5.74) is 1.13. The average Bonchev–Trinajstić information content (AvgIpc) is 2.19. The number of benzene rings is 1. The fraction of sp³-hybridized carbons (Fsp3) is 0.167. The molecule has 0 aliphatic heterocycles. The Morgan fingerprint density at radius 1 is 1.43 bits per heavy atom. The van der Waals surface area contributed by atoms with Crippen LogP contribution in [0.3, 0.4) is 0 Å². The molecule has 2 heteroatoms. The Morgan fingerprint density at radius 2 is 2.07 bits per heavy atom. The summed E-state index contributed by atoms with van der Waals surface area (Å²) in [4.78, 5) is 10.9. The molecular formula is C12H13O2. The molecule has 0 unspecified atom stereocenters. The summed E-state index contributed by atoms with van der Waals surface area (Å²) in [6, 6.07) is 9.85. The lowest BCUT2D eigenvalue weighted by Gasteiger charge is -2.09. The Balaban J connectivity index is 2.45. The number of hydrogen-bond acceptors (Lipinski definition) is 2. The number of esters is 1. The summed E-state index contributed by atoms with van der Waals surface area (Å²) in [5.74, 6) is -0.404. The molecule has 0 saturated heterocycles. The fourth-order valence-corrected chi connectivity index (χ4v) is 1.13. The van der Waals surface area contributed by atoms with Gasteiger partial charge in [-0.05, 0) is 12.5 Å². The van der Waals surface area contributed by atoms with Crippen LogP contribution in [0.5, 0.6) is 0 Å². The number of ether oxygens (including phenoxy) is 1. The van der Waals surface area contributed by atoms with Gasteiger partial charge in [0.05, 0.1) is 0 Å². The molecule has 0 aliphatic rings. The molecule has 1 rings (SSSR count). The summed E-state index contributed by atoms with van der Waals surface area (Å²) in [6.45, 7) is 5.12. The van der Waals surface area contributed by atoms with Crippen molar-refractivity contribution < 1.29 is 9.53 Å². The first-order chi connectivity index (χ1) is 6.72. The van der Waals surface area contributed by atoms with E-state index in [4.69, 9.17) is 4.74 Å². The highest BCUT2D eigenvalue weighted by atomic mass is 16.5. The lowest BCUT2D eigenvalue weighted by atomic mass is 10.1. The van der Waals surface area contributed by atoms with Crippen molar-refractivity contribution in [2.75, 3.05) is 0 Å². The maximum Gasteiger partial charge on any atom is 0.330 e. The molecule has 0 aromatic heterocycles. The Hall–Kier alpha value is -1.57. The van der Waals surface area contributed by atoms with Gasteiger partial charge in [0, 0.05) is 12.5 Å². The van der Waals surface area contributed by atoms with Crippen molar-refractivity contribution in [1.29, 1.82) is 0 Å². The first-order valence-electron chi connectivity index (χ1n) is 4.43. The van der Waals surface area contributed by atoms with Crippen LogP contribution in [-0.2, 0) is 16.0 Å². The SMILES string of the molecule is C=CC(=O)O[C](C)Cc1ccccc1. The zero-order valence-corrected chi connectivity index (χ0v) is 8.19. The molecule has 0 N–H and O–H groups in total. The highest BCUT2D eigenvalue weighted by Gasteiger charge is 2.08. The van der Waals surface area contributed by atoms with Gasteiger partial charge in [-0.15, -0.1) is 0 Å². The molecule has 0 spiro atoms. The van der Waals surface area contributed by atoms with Crippen molar-refractivity contribution in [3.63, 3.8) is 0 Å². The largest absolute Gasteiger partial charge is 0.452 e. The number of carbonyl (C=O) groups is 1. The first kappa shape index (κ1) is 10.5. The van der Waals surface area contributed by atoms with Gasteiger partial charge in [0.1, 0.15) is 0 Å². The molecule has 73 valence electrons. The van der Waals surface area contributed by atoms with Gasteiger partial charge in [0.15, 0.2) is 6.10 Å². The molecule has 14 heavy (non-hydrogen) atoms. The quantitative estimate of drug-likeness (QED) is 0.537. The molecular weight excluding hydrogens is 176 g/mol. The molecule has 0 saturated carbocycles. The molecule has 0 aliphatic carbocycles. The van der Waals surface area contributed by atoms with Gasteiger partial charge in [-0.2, -0.15) is 0 Å². The first-order valence-corrected chi connectivity index (χ1v) is 4.43. The molecule has 0 atom stereocenters. The van der Waals surface area contributed by atoms with Crippen LogP contribution in [0, 0.1) is 6.10 Å². The molecule has 2 nitrogen and oxygen atoms in total. The van der Waals surface area contributed by atoms with Gasteiger partial charge in [0.2, 0.25) is 0 Å². The average molecular weight is 189 g/mol. The maximum atomic E-state index is 10.9. The Labute approximate surface area is 84.2 Å². The normalized spacial score (nSPS) is 9.86. The molecule has 1 aromatic rings. The molecule has 0 bridgehead atoms. The van der Waals surface area contributed by atoms with Crippen molar-refractivity contribution >= 4 is 5.97 Å². The van der Waals surface area contributed by atoms with Crippen molar-refractivity contribution in [3.05, 3.63) is 54.7 Å². The Kier molecular flexibility index (Phi) is 3.92. The summed E-state index contributed by atoms with van der Waals surface area (Å²) in [7, 11) is 0. The van der Waals surface area contributed by atoms with E-state index in [-0.39, 0.29) is 0 Å². The minimum atomic E-state index is -0.404. The Morgan fingerprint density at radius 3 is 2.64 bits per heavy atom. The highest BCUT2D eigenvalue weighted by Crippen LogP contribution is 2.11. The zero-order valence-electron chi connectivity index (χ0n) is 8.19.